The summed E-state index contributed by atoms with van der Waals surface area (Å²) in [5, 5.41) is 9.10. The van der Waals surface area contributed by atoms with Crippen LogP contribution in [0.25, 0.3) is 0 Å². The summed E-state index contributed by atoms with van der Waals surface area (Å²) in [7, 11) is 0. The number of amides is 2. The zero-order valence-corrected chi connectivity index (χ0v) is 20.3. The third kappa shape index (κ3) is 5.19. The zero-order valence-electron chi connectivity index (χ0n) is 20.3. The van der Waals surface area contributed by atoms with Gasteiger partial charge in [0, 0.05) is 30.0 Å². The van der Waals surface area contributed by atoms with E-state index in [1.807, 2.05) is 0 Å². The Bertz CT molecular complexity index is 1250. The molecule has 0 radical (unpaired) electrons. The Balaban J connectivity index is 1.52. The molecular formula is C27H26F4N2O5. The molecule has 5 rings (SSSR count). The fraction of sp³-hybridized carbons (Fsp3) is 0.444. The lowest BCUT2D eigenvalue weighted by Crippen LogP contribution is -2.53. The van der Waals surface area contributed by atoms with E-state index >= 15 is 0 Å². The number of carbonyl (C=O) groups is 3. The monoisotopic (exact) mass is 534 g/mol. The number of aliphatic carboxylic acids is 1. The lowest BCUT2D eigenvalue weighted by Gasteiger charge is -2.48. The van der Waals surface area contributed by atoms with Crippen molar-refractivity contribution in [2.45, 2.75) is 69.4 Å². The molecule has 2 aliphatic carbocycles. The first-order chi connectivity index (χ1) is 18.0. The summed E-state index contributed by atoms with van der Waals surface area (Å²) in [5.41, 5.74) is 1.04. The lowest BCUT2D eigenvalue weighted by atomic mass is 9.81. The molecule has 0 aromatic heterocycles. The molecule has 2 amide bonds. The molecule has 2 fully saturated rings. The smallest absolute Gasteiger partial charge is 0.481 e. The Labute approximate surface area is 216 Å². The lowest BCUT2D eigenvalue weighted by molar-refractivity contribution is -0.274. The van der Waals surface area contributed by atoms with Crippen LogP contribution in [0.3, 0.4) is 0 Å². The standard InChI is InChI=1S/C27H26F4N2O5/c28-16-6-11-20-22(14-16)33(26(37)15-4-9-18(10-5-15)38-27(29,30)31)21-3-1-2-19(21)25(20)32(17-7-8-17)23(34)12-13-24(35)36/h4-6,9-11,14,17,19,21,25H,1-3,7-8,12-13H2,(H,35,36)/t19-,21+,25+/m0/s1. The Hall–Kier alpha value is -3.63. The SMILES string of the molecule is O=C(O)CCC(=O)N(C1CC1)[C@H]1c2ccc(F)cc2N(C(=O)c2ccc(OC(F)(F)F)cc2)[C@@H]2CCC[C@@H]21. The Morgan fingerprint density at radius 2 is 1.71 bits per heavy atom. The molecule has 1 heterocycles. The number of carboxylic acids is 1. The van der Waals surface area contributed by atoms with Crippen molar-refractivity contribution >= 4 is 23.5 Å². The van der Waals surface area contributed by atoms with Crippen LogP contribution in [-0.4, -0.2) is 46.2 Å². The van der Waals surface area contributed by atoms with Crippen LogP contribution >= 0.6 is 0 Å². The predicted molar refractivity (Wildman–Crippen MR) is 127 cm³/mol. The van der Waals surface area contributed by atoms with Gasteiger partial charge < -0.3 is 19.6 Å². The summed E-state index contributed by atoms with van der Waals surface area (Å²) in [6.45, 7) is 0. The maximum Gasteiger partial charge on any atom is 0.573 e. The number of hydrogen-bond acceptors (Lipinski definition) is 4. The van der Waals surface area contributed by atoms with Crippen LogP contribution in [0.15, 0.2) is 42.5 Å². The third-order valence-electron chi connectivity index (χ3n) is 7.47. The molecule has 0 bridgehead atoms. The highest BCUT2D eigenvalue weighted by atomic mass is 19.4. The fourth-order valence-corrected chi connectivity index (χ4v) is 5.88. The van der Waals surface area contributed by atoms with E-state index in [0.29, 0.717) is 24.1 Å². The second-order valence-corrected chi connectivity index (χ2v) is 9.98. The number of alkyl halides is 3. The van der Waals surface area contributed by atoms with Crippen molar-refractivity contribution in [2.24, 2.45) is 5.92 Å². The number of rotatable bonds is 7. The number of nitrogens with zero attached hydrogens (tertiary/aromatic N) is 2. The molecule has 11 heteroatoms. The molecule has 1 aliphatic heterocycles. The van der Waals surface area contributed by atoms with Gasteiger partial charge in [0.1, 0.15) is 11.6 Å². The van der Waals surface area contributed by atoms with Crippen molar-refractivity contribution in [3.05, 3.63) is 59.4 Å². The van der Waals surface area contributed by atoms with Gasteiger partial charge in [-0.3, -0.25) is 14.4 Å². The van der Waals surface area contributed by atoms with Crippen LogP contribution in [-0.2, 0) is 9.59 Å². The molecular weight excluding hydrogens is 508 g/mol. The Kier molecular flexibility index (Phi) is 6.79. The van der Waals surface area contributed by atoms with E-state index in [0.717, 1.165) is 31.4 Å². The van der Waals surface area contributed by atoms with Crippen molar-refractivity contribution in [3.63, 3.8) is 0 Å². The van der Waals surface area contributed by atoms with Gasteiger partial charge in [-0.15, -0.1) is 13.2 Å². The largest absolute Gasteiger partial charge is 0.573 e. The van der Waals surface area contributed by atoms with Crippen LogP contribution < -0.4 is 9.64 Å². The number of fused-ring (bicyclic) bond motifs is 2. The van der Waals surface area contributed by atoms with E-state index in [4.69, 9.17) is 5.11 Å². The molecule has 3 aliphatic rings. The van der Waals surface area contributed by atoms with Crippen molar-refractivity contribution in [1.29, 1.82) is 0 Å². The summed E-state index contributed by atoms with van der Waals surface area (Å²) >= 11 is 0. The minimum absolute atomic E-state index is 0.0381. The first-order valence-corrected chi connectivity index (χ1v) is 12.6. The molecule has 2 aromatic carbocycles. The summed E-state index contributed by atoms with van der Waals surface area (Å²) in [4.78, 5) is 41.4. The average molecular weight is 535 g/mol. The van der Waals surface area contributed by atoms with E-state index in [1.54, 1.807) is 11.0 Å². The van der Waals surface area contributed by atoms with Crippen molar-refractivity contribution < 1.29 is 41.8 Å². The molecule has 3 atom stereocenters. The summed E-state index contributed by atoms with van der Waals surface area (Å²) in [5.74, 6) is -3.01. The minimum atomic E-state index is -4.86. The normalized spacial score (nSPS) is 22.4. The van der Waals surface area contributed by atoms with E-state index < -0.39 is 35.8 Å². The second kappa shape index (κ2) is 9.92. The van der Waals surface area contributed by atoms with Gasteiger partial charge in [-0.05, 0) is 67.6 Å². The predicted octanol–water partition coefficient (Wildman–Crippen LogP) is 5.45. The number of halogens is 4. The Morgan fingerprint density at radius 1 is 1.00 bits per heavy atom. The van der Waals surface area contributed by atoms with E-state index in [-0.39, 0.29) is 42.3 Å². The number of anilines is 1. The maximum absolute atomic E-state index is 14.5. The molecule has 1 N–H and O–H groups in total. The summed E-state index contributed by atoms with van der Waals surface area (Å²) in [6.07, 6.45) is -1.63. The number of ether oxygens (including phenoxy) is 1. The third-order valence-corrected chi connectivity index (χ3v) is 7.47. The molecule has 2 aromatic rings. The van der Waals surface area contributed by atoms with Gasteiger partial charge in [-0.2, -0.15) is 0 Å². The number of carboxylic acid groups (broad SMARTS) is 1. The molecule has 0 unspecified atom stereocenters. The van der Waals surface area contributed by atoms with Gasteiger partial charge in [-0.25, -0.2) is 4.39 Å². The number of benzene rings is 2. The van der Waals surface area contributed by atoms with Crippen molar-refractivity contribution in [3.8, 4) is 5.75 Å². The number of carbonyl (C=O) groups excluding carboxylic acids is 2. The molecule has 7 nitrogen and oxygen atoms in total. The number of hydrogen-bond donors (Lipinski definition) is 1. The first kappa shape index (κ1) is 26.0. The summed E-state index contributed by atoms with van der Waals surface area (Å²) in [6, 6.07) is 7.87. The molecule has 0 saturated heterocycles. The van der Waals surface area contributed by atoms with Crippen molar-refractivity contribution in [1.82, 2.24) is 4.90 Å². The molecule has 38 heavy (non-hydrogen) atoms. The first-order valence-electron chi connectivity index (χ1n) is 12.6. The zero-order chi connectivity index (χ0) is 27.2. The maximum atomic E-state index is 14.5. The van der Waals surface area contributed by atoms with Crippen LogP contribution in [0.2, 0.25) is 0 Å². The van der Waals surface area contributed by atoms with E-state index in [9.17, 15) is 31.9 Å². The van der Waals surface area contributed by atoms with Crippen LogP contribution in [0.1, 0.15) is 66.9 Å². The van der Waals surface area contributed by atoms with Gasteiger partial charge >= 0.3 is 12.3 Å². The molecule has 202 valence electrons. The van der Waals surface area contributed by atoms with E-state index in [1.165, 1.54) is 29.2 Å². The van der Waals surface area contributed by atoms with Gasteiger partial charge in [0.05, 0.1) is 18.2 Å². The highest BCUT2D eigenvalue weighted by molar-refractivity contribution is 6.07. The van der Waals surface area contributed by atoms with Crippen LogP contribution in [0.5, 0.6) is 5.75 Å². The Morgan fingerprint density at radius 3 is 2.34 bits per heavy atom. The van der Waals surface area contributed by atoms with Gasteiger partial charge in [0.15, 0.2) is 0 Å². The highest BCUT2D eigenvalue weighted by Gasteiger charge is 2.51. The van der Waals surface area contributed by atoms with Gasteiger partial charge in [0.2, 0.25) is 5.91 Å². The fourth-order valence-electron chi connectivity index (χ4n) is 5.88. The van der Waals surface area contributed by atoms with Crippen molar-refractivity contribution in [2.75, 3.05) is 4.90 Å². The quantitative estimate of drug-likeness (QED) is 0.478. The van der Waals surface area contributed by atoms with Crippen LogP contribution in [0.4, 0.5) is 23.2 Å². The molecule has 2 saturated carbocycles. The topological polar surface area (TPSA) is 87.2 Å². The van der Waals surface area contributed by atoms with Crippen LogP contribution in [0, 0.1) is 11.7 Å². The average Bonchev–Trinajstić information content (AvgIpc) is 3.57. The van der Waals surface area contributed by atoms with Gasteiger partial charge in [0.25, 0.3) is 5.91 Å². The molecule has 0 spiro atoms. The highest BCUT2D eigenvalue weighted by Crippen LogP contribution is 2.53. The minimum Gasteiger partial charge on any atom is -0.481 e. The van der Waals surface area contributed by atoms with Gasteiger partial charge in [-0.1, -0.05) is 12.5 Å². The van der Waals surface area contributed by atoms with E-state index in [2.05, 4.69) is 4.74 Å². The summed E-state index contributed by atoms with van der Waals surface area (Å²) < 4.78 is 56.1. The second-order valence-electron chi connectivity index (χ2n) is 9.98.